The molecular formula is C17H29N3. The fraction of sp³-hybridized carbons (Fsp3) is 0.824. The molecular weight excluding hydrogens is 246 g/mol. The van der Waals surface area contributed by atoms with Gasteiger partial charge in [0.2, 0.25) is 0 Å². The molecule has 0 saturated heterocycles. The van der Waals surface area contributed by atoms with Crippen molar-refractivity contribution in [2.45, 2.75) is 69.7 Å². The molecule has 112 valence electrons. The summed E-state index contributed by atoms with van der Waals surface area (Å²) in [5.74, 6) is 2.75. The minimum Gasteiger partial charge on any atom is -0.338 e. The molecule has 2 atom stereocenters. The molecule has 2 fully saturated rings. The van der Waals surface area contributed by atoms with Gasteiger partial charge < -0.3 is 10.3 Å². The Morgan fingerprint density at radius 1 is 1.20 bits per heavy atom. The summed E-state index contributed by atoms with van der Waals surface area (Å²) in [6.07, 6.45) is 17.2. The molecule has 0 amide bonds. The summed E-state index contributed by atoms with van der Waals surface area (Å²) in [4.78, 5) is 4.52. The molecule has 1 heterocycles. The van der Waals surface area contributed by atoms with E-state index in [1.165, 1.54) is 57.8 Å². The van der Waals surface area contributed by atoms with Crippen LogP contribution >= 0.6 is 0 Å². The Labute approximate surface area is 123 Å². The predicted molar refractivity (Wildman–Crippen MR) is 82.4 cm³/mol. The average Bonchev–Trinajstić information content (AvgIpc) is 2.85. The number of imidazole rings is 1. The maximum Gasteiger partial charge on any atom is 0.110 e. The standard InChI is InChI=1S/C17H29N3/c1-20-12-11-19-16(20)13-17(18)10-6-5-9-15(17)14-7-3-2-4-8-14/h11-12,14-15H,2-10,13,18H2,1H3. The number of hydrogen-bond acceptors (Lipinski definition) is 2. The molecule has 3 nitrogen and oxygen atoms in total. The third-order valence-corrected chi connectivity index (χ3v) is 5.77. The van der Waals surface area contributed by atoms with Gasteiger partial charge >= 0.3 is 0 Å². The van der Waals surface area contributed by atoms with Gasteiger partial charge in [0, 0.05) is 31.4 Å². The Morgan fingerprint density at radius 3 is 2.65 bits per heavy atom. The van der Waals surface area contributed by atoms with E-state index in [4.69, 9.17) is 5.73 Å². The number of rotatable bonds is 3. The summed E-state index contributed by atoms with van der Waals surface area (Å²) in [5.41, 5.74) is 6.93. The Balaban J connectivity index is 1.77. The van der Waals surface area contributed by atoms with Gasteiger partial charge in [0.15, 0.2) is 0 Å². The van der Waals surface area contributed by atoms with Crippen LogP contribution in [0.4, 0.5) is 0 Å². The second-order valence-electron chi connectivity index (χ2n) is 7.11. The third-order valence-electron chi connectivity index (χ3n) is 5.77. The van der Waals surface area contributed by atoms with Gasteiger partial charge in [-0.3, -0.25) is 0 Å². The highest BCUT2D eigenvalue weighted by Gasteiger charge is 2.42. The van der Waals surface area contributed by atoms with E-state index in [0.29, 0.717) is 5.92 Å². The highest BCUT2D eigenvalue weighted by atomic mass is 15.0. The molecule has 0 spiro atoms. The fourth-order valence-corrected chi connectivity index (χ4v) is 4.61. The topological polar surface area (TPSA) is 43.8 Å². The van der Waals surface area contributed by atoms with E-state index in [2.05, 4.69) is 16.6 Å². The maximum absolute atomic E-state index is 6.94. The Bertz CT molecular complexity index is 433. The maximum atomic E-state index is 6.94. The number of nitrogens with two attached hydrogens (primary N) is 1. The highest BCUT2D eigenvalue weighted by molar-refractivity contribution is 5.06. The van der Waals surface area contributed by atoms with Crippen molar-refractivity contribution in [2.75, 3.05) is 0 Å². The summed E-state index contributed by atoms with van der Waals surface area (Å²) < 4.78 is 2.14. The van der Waals surface area contributed by atoms with Crippen LogP contribution in [0.1, 0.15) is 63.6 Å². The van der Waals surface area contributed by atoms with E-state index in [1.807, 2.05) is 12.4 Å². The van der Waals surface area contributed by atoms with Gasteiger partial charge in [-0.05, 0) is 24.7 Å². The monoisotopic (exact) mass is 275 g/mol. The van der Waals surface area contributed by atoms with Crippen molar-refractivity contribution in [3.8, 4) is 0 Å². The van der Waals surface area contributed by atoms with E-state index in [9.17, 15) is 0 Å². The minimum absolute atomic E-state index is 0.0145. The highest BCUT2D eigenvalue weighted by Crippen LogP contribution is 2.43. The van der Waals surface area contributed by atoms with Crippen LogP contribution < -0.4 is 5.73 Å². The summed E-state index contributed by atoms with van der Waals surface area (Å²) in [5, 5.41) is 0. The van der Waals surface area contributed by atoms with Crippen LogP contribution in [0, 0.1) is 11.8 Å². The molecule has 2 saturated carbocycles. The summed E-state index contributed by atoms with van der Waals surface area (Å²) in [6, 6.07) is 0. The summed E-state index contributed by atoms with van der Waals surface area (Å²) in [6.45, 7) is 0. The van der Waals surface area contributed by atoms with Crippen LogP contribution in [0.3, 0.4) is 0 Å². The number of hydrogen-bond donors (Lipinski definition) is 1. The molecule has 0 aromatic carbocycles. The van der Waals surface area contributed by atoms with Gasteiger partial charge in [0.25, 0.3) is 0 Å². The van der Waals surface area contributed by atoms with E-state index < -0.39 is 0 Å². The lowest BCUT2D eigenvalue weighted by Gasteiger charge is -2.46. The van der Waals surface area contributed by atoms with Gasteiger partial charge in [-0.25, -0.2) is 4.98 Å². The molecule has 2 N–H and O–H groups in total. The number of aryl methyl sites for hydroxylation is 1. The molecule has 0 bridgehead atoms. The first-order valence-corrected chi connectivity index (χ1v) is 8.44. The fourth-order valence-electron chi connectivity index (χ4n) is 4.61. The van der Waals surface area contributed by atoms with Crippen LogP contribution in [0.2, 0.25) is 0 Å². The first-order chi connectivity index (χ1) is 9.69. The molecule has 20 heavy (non-hydrogen) atoms. The largest absolute Gasteiger partial charge is 0.338 e. The Hall–Kier alpha value is -0.830. The van der Waals surface area contributed by atoms with Gasteiger partial charge in [0.05, 0.1) is 0 Å². The van der Waals surface area contributed by atoms with E-state index >= 15 is 0 Å². The zero-order valence-electron chi connectivity index (χ0n) is 12.9. The molecule has 3 heteroatoms. The first kappa shape index (κ1) is 14.1. The lowest BCUT2D eigenvalue weighted by molar-refractivity contribution is 0.0975. The first-order valence-electron chi connectivity index (χ1n) is 8.44. The second-order valence-corrected chi connectivity index (χ2v) is 7.11. The van der Waals surface area contributed by atoms with Crippen molar-refractivity contribution in [1.29, 1.82) is 0 Å². The number of aromatic nitrogens is 2. The molecule has 1 aromatic heterocycles. The molecule has 3 rings (SSSR count). The zero-order valence-corrected chi connectivity index (χ0v) is 12.9. The Morgan fingerprint density at radius 2 is 1.95 bits per heavy atom. The molecule has 0 aliphatic heterocycles. The van der Waals surface area contributed by atoms with Gasteiger partial charge in [0.1, 0.15) is 5.82 Å². The average molecular weight is 275 g/mol. The second kappa shape index (κ2) is 5.88. The zero-order chi connectivity index (χ0) is 14.0. The molecule has 2 aliphatic carbocycles. The van der Waals surface area contributed by atoms with Gasteiger partial charge in [-0.15, -0.1) is 0 Å². The van der Waals surface area contributed by atoms with Crippen LogP contribution in [0.15, 0.2) is 12.4 Å². The lowest BCUT2D eigenvalue weighted by Crippen LogP contribution is -2.54. The molecule has 2 aliphatic rings. The SMILES string of the molecule is Cn1ccnc1CC1(N)CCCCC1C1CCCCC1. The van der Waals surface area contributed by atoms with Crippen molar-refractivity contribution in [3.05, 3.63) is 18.2 Å². The lowest BCUT2D eigenvalue weighted by atomic mass is 9.63. The van der Waals surface area contributed by atoms with Crippen LogP contribution in [-0.4, -0.2) is 15.1 Å². The van der Waals surface area contributed by atoms with Crippen molar-refractivity contribution in [2.24, 2.45) is 24.6 Å². The van der Waals surface area contributed by atoms with Gasteiger partial charge in [-0.2, -0.15) is 0 Å². The van der Waals surface area contributed by atoms with E-state index in [1.54, 1.807) is 0 Å². The van der Waals surface area contributed by atoms with E-state index in [-0.39, 0.29) is 5.54 Å². The van der Waals surface area contributed by atoms with Crippen molar-refractivity contribution in [1.82, 2.24) is 9.55 Å². The van der Waals surface area contributed by atoms with Crippen molar-refractivity contribution < 1.29 is 0 Å². The third kappa shape index (κ3) is 2.78. The number of nitrogens with zero attached hydrogens (tertiary/aromatic N) is 2. The minimum atomic E-state index is -0.0145. The molecule has 2 unspecified atom stereocenters. The van der Waals surface area contributed by atoms with Crippen LogP contribution in [-0.2, 0) is 13.5 Å². The Kier molecular flexibility index (Phi) is 4.16. The normalized spacial score (nSPS) is 32.4. The predicted octanol–water partition coefficient (Wildman–Crippen LogP) is 3.43. The van der Waals surface area contributed by atoms with Crippen LogP contribution in [0.5, 0.6) is 0 Å². The van der Waals surface area contributed by atoms with Crippen molar-refractivity contribution >= 4 is 0 Å². The quantitative estimate of drug-likeness (QED) is 0.918. The van der Waals surface area contributed by atoms with Gasteiger partial charge in [-0.1, -0.05) is 44.9 Å². The molecule has 0 radical (unpaired) electrons. The summed E-state index contributed by atoms with van der Waals surface area (Å²) >= 11 is 0. The van der Waals surface area contributed by atoms with E-state index in [0.717, 1.165) is 18.2 Å². The summed E-state index contributed by atoms with van der Waals surface area (Å²) in [7, 11) is 2.09. The smallest absolute Gasteiger partial charge is 0.110 e. The molecule has 1 aromatic rings. The van der Waals surface area contributed by atoms with Crippen molar-refractivity contribution in [3.63, 3.8) is 0 Å². The van der Waals surface area contributed by atoms with Crippen LogP contribution in [0.25, 0.3) is 0 Å².